The summed E-state index contributed by atoms with van der Waals surface area (Å²) >= 11 is 0. The van der Waals surface area contributed by atoms with Gasteiger partial charge in [-0.25, -0.2) is 0 Å². The largest absolute Gasteiger partial charge is 0.0911 e. The van der Waals surface area contributed by atoms with Gasteiger partial charge < -0.3 is 0 Å². The zero-order chi connectivity index (χ0) is 10.8. The van der Waals surface area contributed by atoms with Gasteiger partial charge in [0.1, 0.15) is 0 Å². The third-order valence-electron chi connectivity index (χ3n) is 3.20. The normalized spacial score (nSPS) is 23.6. The van der Waals surface area contributed by atoms with Crippen LogP contribution in [0.2, 0.25) is 0 Å². The van der Waals surface area contributed by atoms with Gasteiger partial charge in [0.05, 0.1) is 0 Å². The molecule has 1 unspecified atom stereocenters. The molecule has 0 aromatic rings. The highest BCUT2D eigenvalue weighted by atomic mass is 14.3. The quantitative estimate of drug-likeness (QED) is 0.562. The minimum atomic E-state index is 0.283. The average Bonchev–Trinajstić information content (AvgIpc) is 2.09. The van der Waals surface area contributed by atoms with E-state index in [1.165, 1.54) is 17.6 Å². The standard InChI is InChI=1S/C14H22/c1-6-9-14(4,5)13-10-11(2)7-8-12(13)3/h6-9,13H,10H2,1-5H3. The van der Waals surface area contributed by atoms with E-state index in [0.717, 1.165) is 0 Å². The lowest BCUT2D eigenvalue weighted by Gasteiger charge is -2.34. The molecule has 0 saturated heterocycles. The smallest absolute Gasteiger partial charge is 0.00797 e. The van der Waals surface area contributed by atoms with Crippen LogP contribution < -0.4 is 0 Å². The summed E-state index contributed by atoms with van der Waals surface area (Å²) in [6, 6.07) is 0. The third-order valence-corrected chi connectivity index (χ3v) is 3.20. The van der Waals surface area contributed by atoms with Crippen LogP contribution in [0.25, 0.3) is 0 Å². The summed E-state index contributed by atoms with van der Waals surface area (Å²) < 4.78 is 0. The molecule has 1 rings (SSSR count). The number of hydrogen-bond donors (Lipinski definition) is 0. The van der Waals surface area contributed by atoms with Crippen LogP contribution >= 0.6 is 0 Å². The summed E-state index contributed by atoms with van der Waals surface area (Å²) in [4.78, 5) is 0. The molecule has 14 heavy (non-hydrogen) atoms. The summed E-state index contributed by atoms with van der Waals surface area (Å²) in [6.45, 7) is 11.2. The molecule has 0 heteroatoms. The van der Waals surface area contributed by atoms with Crippen LogP contribution in [0.3, 0.4) is 0 Å². The summed E-state index contributed by atoms with van der Waals surface area (Å²) in [6.07, 6.45) is 10.2. The molecule has 0 aliphatic heterocycles. The van der Waals surface area contributed by atoms with Gasteiger partial charge in [-0.15, -0.1) is 0 Å². The van der Waals surface area contributed by atoms with E-state index in [2.05, 4.69) is 58.9 Å². The third kappa shape index (κ3) is 2.37. The van der Waals surface area contributed by atoms with Gasteiger partial charge in [0, 0.05) is 0 Å². The molecule has 0 aromatic heterocycles. The fourth-order valence-electron chi connectivity index (χ4n) is 2.34. The topological polar surface area (TPSA) is 0 Å². The minimum absolute atomic E-state index is 0.283. The van der Waals surface area contributed by atoms with Gasteiger partial charge in [-0.3, -0.25) is 0 Å². The summed E-state index contributed by atoms with van der Waals surface area (Å²) in [5.41, 5.74) is 3.29. The van der Waals surface area contributed by atoms with Crippen LogP contribution in [-0.4, -0.2) is 0 Å². The molecule has 0 heterocycles. The molecule has 0 aromatic carbocycles. The van der Waals surface area contributed by atoms with Crippen LogP contribution in [0.15, 0.2) is 35.5 Å². The second-order valence-electron chi connectivity index (χ2n) is 5.00. The van der Waals surface area contributed by atoms with Gasteiger partial charge in [-0.1, -0.05) is 49.3 Å². The Kier molecular flexibility index (Phi) is 3.36. The molecule has 1 aliphatic rings. The maximum atomic E-state index is 2.33. The fourth-order valence-corrected chi connectivity index (χ4v) is 2.34. The van der Waals surface area contributed by atoms with E-state index in [-0.39, 0.29) is 5.41 Å². The molecular weight excluding hydrogens is 168 g/mol. The fraction of sp³-hybridized carbons (Fsp3) is 0.571. The molecule has 0 radical (unpaired) electrons. The molecule has 0 nitrogen and oxygen atoms in total. The van der Waals surface area contributed by atoms with Crippen molar-refractivity contribution in [3.05, 3.63) is 35.5 Å². The van der Waals surface area contributed by atoms with Gasteiger partial charge >= 0.3 is 0 Å². The number of allylic oxidation sites excluding steroid dienone is 6. The second kappa shape index (κ2) is 4.16. The van der Waals surface area contributed by atoms with E-state index >= 15 is 0 Å². The van der Waals surface area contributed by atoms with E-state index in [0.29, 0.717) is 5.92 Å². The van der Waals surface area contributed by atoms with Crippen molar-refractivity contribution in [3.8, 4) is 0 Å². The Hall–Kier alpha value is -0.780. The Morgan fingerprint density at radius 2 is 1.93 bits per heavy atom. The predicted molar refractivity (Wildman–Crippen MR) is 64.2 cm³/mol. The molecule has 1 aliphatic carbocycles. The first-order chi connectivity index (χ1) is 6.47. The van der Waals surface area contributed by atoms with Crippen molar-refractivity contribution in [2.24, 2.45) is 11.3 Å². The molecule has 0 amide bonds. The van der Waals surface area contributed by atoms with Gasteiger partial charge in [-0.2, -0.15) is 0 Å². The van der Waals surface area contributed by atoms with Crippen molar-refractivity contribution in [2.45, 2.75) is 41.0 Å². The summed E-state index contributed by atoms with van der Waals surface area (Å²) in [5, 5.41) is 0. The highest BCUT2D eigenvalue weighted by molar-refractivity contribution is 5.27. The number of hydrogen-bond acceptors (Lipinski definition) is 0. The lowest BCUT2D eigenvalue weighted by molar-refractivity contribution is 0.321. The Morgan fingerprint density at radius 1 is 1.29 bits per heavy atom. The summed E-state index contributed by atoms with van der Waals surface area (Å²) in [5.74, 6) is 0.670. The van der Waals surface area contributed by atoms with Crippen LogP contribution in [0.4, 0.5) is 0 Å². The van der Waals surface area contributed by atoms with Gasteiger partial charge in [0.2, 0.25) is 0 Å². The zero-order valence-electron chi connectivity index (χ0n) is 10.1. The Balaban J connectivity index is 2.90. The molecular formula is C14H22. The molecule has 78 valence electrons. The first-order valence-corrected chi connectivity index (χ1v) is 5.45. The maximum absolute atomic E-state index is 2.33. The lowest BCUT2D eigenvalue weighted by Crippen LogP contribution is -2.24. The van der Waals surface area contributed by atoms with Crippen molar-refractivity contribution >= 4 is 0 Å². The first kappa shape index (κ1) is 11.3. The molecule has 0 N–H and O–H groups in total. The van der Waals surface area contributed by atoms with E-state index in [4.69, 9.17) is 0 Å². The maximum Gasteiger partial charge on any atom is -0.00797 e. The van der Waals surface area contributed by atoms with Crippen molar-refractivity contribution in [1.82, 2.24) is 0 Å². The van der Waals surface area contributed by atoms with E-state index in [1.54, 1.807) is 0 Å². The van der Waals surface area contributed by atoms with Gasteiger partial charge in [-0.05, 0) is 38.5 Å². The first-order valence-electron chi connectivity index (χ1n) is 5.45. The molecule has 1 atom stereocenters. The second-order valence-corrected chi connectivity index (χ2v) is 5.00. The van der Waals surface area contributed by atoms with E-state index in [1.807, 2.05) is 0 Å². The molecule has 0 saturated carbocycles. The van der Waals surface area contributed by atoms with Gasteiger partial charge in [0.15, 0.2) is 0 Å². The molecule has 0 fully saturated rings. The summed E-state index contributed by atoms with van der Waals surface area (Å²) in [7, 11) is 0. The highest BCUT2D eigenvalue weighted by Gasteiger charge is 2.29. The van der Waals surface area contributed by atoms with E-state index in [9.17, 15) is 0 Å². The van der Waals surface area contributed by atoms with Crippen LogP contribution in [0.1, 0.15) is 41.0 Å². The Morgan fingerprint density at radius 3 is 2.50 bits per heavy atom. The van der Waals surface area contributed by atoms with Crippen LogP contribution in [0.5, 0.6) is 0 Å². The van der Waals surface area contributed by atoms with Crippen molar-refractivity contribution in [3.63, 3.8) is 0 Å². The van der Waals surface area contributed by atoms with Crippen LogP contribution in [0, 0.1) is 11.3 Å². The molecule has 0 bridgehead atoms. The van der Waals surface area contributed by atoms with Crippen LogP contribution in [-0.2, 0) is 0 Å². The Labute approximate surface area is 88.4 Å². The minimum Gasteiger partial charge on any atom is -0.0911 e. The van der Waals surface area contributed by atoms with Crippen molar-refractivity contribution < 1.29 is 0 Å². The SMILES string of the molecule is CC=CC(C)(C)C1CC(C)=CC=C1C. The van der Waals surface area contributed by atoms with Crippen molar-refractivity contribution in [2.75, 3.05) is 0 Å². The predicted octanol–water partition coefficient (Wildman–Crippen LogP) is 4.50. The monoisotopic (exact) mass is 190 g/mol. The Bertz CT molecular complexity index is 287. The van der Waals surface area contributed by atoms with Gasteiger partial charge in [0.25, 0.3) is 0 Å². The lowest BCUT2D eigenvalue weighted by atomic mass is 9.70. The molecule has 0 spiro atoms. The van der Waals surface area contributed by atoms with E-state index < -0.39 is 0 Å². The number of rotatable bonds is 2. The highest BCUT2D eigenvalue weighted by Crippen LogP contribution is 2.40. The van der Waals surface area contributed by atoms with Crippen molar-refractivity contribution in [1.29, 1.82) is 0 Å². The average molecular weight is 190 g/mol. The zero-order valence-corrected chi connectivity index (χ0v) is 10.1.